The molecule has 0 heterocycles. The Morgan fingerprint density at radius 2 is 1.62 bits per heavy atom. The van der Waals surface area contributed by atoms with Gasteiger partial charge in [-0.15, -0.1) is 0 Å². The van der Waals surface area contributed by atoms with E-state index in [0.717, 1.165) is 14.7 Å². The molecule has 0 saturated carbocycles. The lowest BCUT2D eigenvalue weighted by atomic mass is 10.0. The number of carbonyl (C=O) groups excluding carboxylic acids is 3. The first-order valence-corrected chi connectivity index (χ1v) is 10.3. The molecule has 2 rings (SSSR count). The van der Waals surface area contributed by atoms with Crippen molar-refractivity contribution >= 4 is 40.3 Å². The molecule has 8 heteroatoms. The molecule has 2 aromatic rings. The van der Waals surface area contributed by atoms with Crippen molar-refractivity contribution < 1.29 is 14.4 Å². The van der Waals surface area contributed by atoms with Crippen molar-refractivity contribution in [1.82, 2.24) is 16.0 Å². The molecular formula is C21H25IN4O3. The first kappa shape index (κ1) is 22.8. The molecule has 29 heavy (non-hydrogen) atoms. The predicted octanol–water partition coefficient (Wildman–Crippen LogP) is 1.10. The van der Waals surface area contributed by atoms with E-state index >= 15 is 0 Å². The van der Waals surface area contributed by atoms with Gasteiger partial charge in [0.15, 0.2) is 0 Å². The first-order valence-electron chi connectivity index (χ1n) is 9.25. The molecule has 3 amide bonds. The fourth-order valence-corrected chi connectivity index (χ4v) is 3.25. The number of carbonyl (C=O) groups is 3. The number of nitrogens with one attached hydrogen (secondary N) is 3. The van der Waals surface area contributed by atoms with Gasteiger partial charge in [0.1, 0.15) is 12.1 Å². The van der Waals surface area contributed by atoms with Crippen molar-refractivity contribution in [3.63, 3.8) is 0 Å². The summed E-state index contributed by atoms with van der Waals surface area (Å²) in [6, 6.07) is 15.6. The molecule has 0 fully saturated rings. The second-order valence-electron chi connectivity index (χ2n) is 6.55. The van der Waals surface area contributed by atoms with Gasteiger partial charge in [0.2, 0.25) is 17.7 Å². The van der Waals surface area contributed by atoms with Crippen molar-refractivity contribution in [2.75, 3.05) is 6.54 Å². The zero-order chi connectivity index (χ0) is 21.2. The maximum Gasteiger partial charge on any atom is 0.243 e. The fraction of sp³-hybridized carbons (Fsp3) is 0.286. The number of hydrogen-bond acceptors (Lipinski definition) is 4. The van der Waals surface area contributed by atoms with Crippen molar-refractivity contribution in [1.29, 1.82) is 0 Å². The van der Waals surface area contributed by atoms with Crippen LogP contribution in [0.1, 0.15) is 18.1 Å². The first-order chi connectivity index (χ1) is 13.9. The Hall–Kier alpha value is -2.46. The van der Waals surface area contributed by atoms with E-state index in [1.807, 2.05) is 54.6 Å². The van der Waals surface area contributed by atoms with Crippen molar-refractivity contribution in [2.24, 2.45) is 5.73 Å². The summed E-state index contributed by atoms with van der Waals surface area (Å²) in [6.45, 7) is 1.70. The Morgan fingerprint density at radius 1 is 0.966 bits per heavy atom. The number of nitrogens with two attached hydrogens (primary N) is 1. The third-order valence-corrected chi connectivity index (χ3v) is 5.34. The predicted molar refractivity (Wildman–Crippen MR) is 120 cm³/mol. The van der Waals surface area contributed by atoms with Gasteiger partial charge in [-0.2, -0.15) is 0 Å². The summed E-state index contributed by atoms with van der Waals surface area (Å²) in [6.07, 6.45) is 0.335. The van der Waals surface area contributed by atoms with Gasteiger partial charge in [-0.25, -0.2) is 0 Å². The smallest absolute Gasteiger partial charge is 0.243 e. The van der Waals surface area contributed by atoms with Crippen molar-refractivity contribution in [2.45, 2.75) is 32.0 Å². The molecule has 0 radical (unpaired) electrons. The van der Waals surface area contributed by atoms with Gasteiger partial charge in [-0.3, -0.25) is 14.4 Å². The third-order valence-electron chi connectivity index (χ3n) is 4.28. The largest absolute Gasteiger partial charge is 0.350 e. The Bertz CT molecular complexity index is 845. The van der Waals surface area contributed by atoms with Crippen LogP contribution in [-0.2, 0) is 27.3 Å². The van der Waals surface area contributed by atoms with Crippen LogP contribution in [0.3, 0.4) is 0 Å². The Labute approximate surface area is 184 Å². The SMILES string of the molecule is C[C@@H](NC(=O)CN)C(=O)N[C@H](Cc1ccccc1)C(=O)NCc1ccccc1I. The van der Waals surface area contributed by atoms with Crippen molar-refractivity contribution in [3.8, 4) is 0 Å². The lowest BCUT2D eigenvalue weighted by Gasteiger charge is -2.21. The van der Waals surface area contributed by atoms with Crippen molar-refractivity contribution in [3.05, 3.63) is 69.3 Å². The van der Waals surface area contributed by atoms with Gasteiger partial charge in [0.25, 0.3) is 0 Å². The van der Waals surface area contributed by atoms with E-state index in [-0.39, 0.29) is 12.5 Å². The van der Waals surface area contributed by atoms with E-state index in [0.29, 0.717) is 13.0 Å². The van der Waals surface area contributed by atoms with E-state index in [1.165, 1.54) is 0 Å². The number of benzene rings is 2. The molecule has 0 aliphatic heterocycles. The molecular weight excluding hydrogens is 483 g/mol. The lowest BCUT2D eigenvalue weighted by Crippen LogP contribution is -2.54. The van der Waals surface area contributed by atoms with Crippen LogP contribution in [0.4, 0.5) is 0 Å². The van der Waals surface area contributed by atoms with Gasteiger partial charge in [0, 0.05) is 16.5 Å². The van der Waals surface area contributed by atoms with Crippen LogP contribution in [0, 0.1) is 3.57 Å². The molecule has 0 unspecified atom stereocenters. The highest BCUT2D eigenvalue weighted by molar-refractivity contribution is 14.1. The Morgan fingerprint density at radius 3 is 2.28 bits per heavy atom. The minimum absolute atomic E-state index is 0.207. The van der Waals surface area contributed by atoms with Crippen LogP contribution in [0.25, 0.3) is 0 Å². The summed E-state index contributed by atoms with van der Waals surface area (Å²) in [5.74, 6) is -1.17. The van der Waals surface area contributed by atoms with Gasteiger partial charge in [-0.05, 0) is 46.7 Å². The van der Waals surface area contributed by atoms with Gasteiger partial charge in [0.05, 0.1) is 6.54 Å². The standard InChI is InChI=1S/C21H25IN4O3/c1-14(25-19(27)12-23)20(28)26-18(11-15-7-3-2-4-8-15)21(29)24-13-16-9-5-6-10-17(16)22/h2-10,14,18H,11-13,23H2,1H3,(H,24,29)(H,25,27)(H,26,28)/t14-,18-/m1/s1. The maximum absolute atomic E-state index is 12.8. The van der Waals surface area contributed by atoms with Gasteiger partial charge < -0.3 is 21.7 Å². The highest BCUT2D eigenvalue weighted by atomic mass is 127. The van der Waals surface area contributed by atoms with E-state index in [9.17, 15) is 14.4 Å². The minimum atomic E-state index is -0.799. The van der Waals surface area contributed by atoms with Crippen LogP contribution in [-0.4, -0.2) is 36.3 Å². The summed E-state index contributed by atoms with van der Waals surface area (Å²) in [5, 5.41) is 8.12. The fourth-order valence-electron chi connectivity index (χ4n) is 2.67. The van der Waals surface area contributed by atoms with Gasteiger partial charge in [-0.1, -0.05) is 48.5 Å². The average molecular weight is 508 g/mol. The maximum atomic E-state index is 12.8. The van der Waals surface area contributed by atoms with Gasteiger partial charge >= 0.3 is 0 Å². The Kier molecular flexibility index (Phi) is 9.07. The highest BCUT2D eigenvalue weighted by Crippen LogP contribution is 2.11. The topological polar surface area (TPSA) is 113 Å². The Balaban J connectivity index is 2.07. The molecule has 2 atom stereocenters. The van der Waals surface area contributed by atoms with E-state index in [2.05, 4.69) is 38.5 Å². The quantitative estimate of drug-likeness (QED) is 0.380. The van der Waals surface area contributed by atoms with E-state index in [1.54, 1.807) is 6.92 Å². The normalized spacial score (nSPS) is 12.5. The number of rotatable bonds is 9. The minimum Gasteiger partial charge on any atom is -0.350 e. The molecule has 0 aliphatic carbocycles. The molecule has 0 aromatic heterocycles. The highest BCUT2D eigenvalue weighted by Gasteiger charge is 2.24. The van der Waals surface area contributed by atoms with Crippen LogP contribution >= 0.6 is 22.6 Å². The summed E-state index contributed by atoms with van der Waals surface area (Å²) in [5.41, 5.74) is 7.18. The van der Waals surface area contributed by atoms with E-state index < -0.39 is 23.9 Å². The molecule has 5 N–H and O–H groups in total. The lowest BCUT2D eigenvalue weighted by molar-refractivity contribution is -0.131. The molecule has 0 spiro atoms. The molecule has 0 saturated heterocycles. The zero-order valence-electron chi connectivity index (χ0n) is 16.2. The molecule has 0 bridgehead atoms. The summed E-state index contributed by atoms with van der Waals surface area (Å²) < 4.78 is 1.05. The zero-order valence-corrected chi connectivity index (χ0v) is 18.3. The van der Waals surface area contributed by atoms with Crippen LogP contribution in [0.2, 0.25) is 0 Å². The molecule has 154 valence electrons. The summed E-state index contributed by atoms with van der Waals surface area (Å²) in [7, 11) is 0. The summed E-state index contributed by atoms with van der Waals surface area (Å²) in [4.78, 5) is 36.7. The average Bonchev–Trinajstić information content (AvgIpc) is 2.73. The molecule has 7 nitrogen and oxygen atoms in total. The molecule has 2 aromatic carbocycles. The molecule has 0 aliphatic rings. The number of halogens is 1. The summed E-state index contributed by atoms with van der Waals surface area (Å²) >= 11 is 2.21. The van der Waals surface area contributed by atoms with E-state index in [4.69, 9.17) is 5.73 Å². The number of hydrogen-bond donors (Lipinski definition) is 4. The monoisotopic (exact) mass is 508 g/mol. The van der Waals surface area contributed by atoms with Crippen LogP contribution in [0.15, 0.2) is 54.6 Å². The van der Waals surface area contributed by atoms with Crippen LogP contribution < -0.4 is 21.7 Å². The second kappa shape index (κ2) is 11.5. The third kappa shape index (κ3) is 7.47. The number of amides is 3. The second-order valence-corrected chi connectivity index (χ2v) is 7.72. The van der Waals surface area contributed by atoms with Crippen LogP contribution in [0.5, 0.6) is 0 Å².